The van der Waals surface area contributed by atoms with Crippen LogP contribution in [0.4, 0.5) is 10.1 Å². The van der Waals surface area contributed by atoms with Crippen LogP contribution in [0.3, 0.4) is 0 Å². The molecule has 29 heavy (non-hydrogen) atoms. The van der Waals surface area contributed by atoms with Crippen molar-refractivity contribution in [1.82, 2.24) is 10.2 Å². The highest BCUT2D eigenvalue weighted by Crippen LogP contribution is 2.36. The summed E-state index contributed by atoms with van der Waals surface area (Å²) in [4.78, 5) is 17.2. The largest absolute Gasteiger partial charge is 0.366 e. The number of halogens is 1. The van der Waals surface area contributed by atoms with Gasteiger partial charge in [0, 0.05) is 43.8 Å². The third kappa shape index (κ3) is 4.31. The number of carbonyl (C=O) groups excluding carboxylic acids is 1. The van der Waals surface area contributed by atoms with Crippen LogP contribution in [0.25, 0.3) is 0 Å². The molecule has 0 unspecified atom stereocenters. The number of Topliss-reactive ketones (excluding diaryl/α,β-unsaturated/α-hetero) is 1. The van der Waals surface area contributed by atoms with Crippen molar-refractivity contribution >= 4 is 11.5 Å². The number of ketones is 1. The van der Waals surface area contributed by atoms with E-state index in [1.807, 2.05) is 6.07 Å². The smallest absolute Gasteiger partial charge is 0.151 e. The molecule has 6 heteroatoms. The van der Waals surface area contributed by atoms with Crippen molar-refractivity contribution in [3.8, 4) is 6.07 Å². The van der Waals surface area contributed by atoms with Gasteiger partial charge in [-0.1, -0.05) is 6.07 Å². The minimum Gasteiger partial charge on any atom is -0.366 e. The second kappa shape index (κ2) is 8.41. The lowest BCUT2D eigenvalue weighted by atomic mass is 9.88. The second-order valence-electron chi connectivity index (χ2n) is 9.20. The maximum absolute atomic E-state index is 14.8. The third-order valence-corrected chi connectivity index (χ3v) is 7.00. The van der Waals surface area contributed by atoms with Gasteiger partial charge in [0.2, 0.25) is 0 Å². The summed E-state index contributed by atoms with van der Waals surface area (Å²) < 4.78 is 14.8. The first-order valence-electron chi connectivity index (χ1n) is 10.9. The first kappa shape index (κ1) is 20.3. The number of anilines is 1. The predicted molar refractivity (Wildman–Crippen MR) is 111 cm³/mol. The molecule has 1 N–H and O–H groups in total. The number of benzene rings is 1. The van der Waals surface area contributed by atoms with Gasteiger partial charge in [0.05, 0.1) is 18.0 Å². The maximum atomic E-state index is 14.8. The summed E-state index contributed by atoms with van der Waals surface area (Å²) in [6, 6.07) is 8.27. The van der Waals surface area contributed by atoms with Crippen molar-refractivity contribution < 1.29 is 9.18 Å². The predicted octanol–water partition coefficient (Wildman–Crippen LogP) is 2.75. The second-order valence-corrected chi connectivity index (χ2v) is 9.20. The fraction of sp³-hybridized carbons (Fsp3) is 0.652. The molecule has 1 aromatic carbocycles. The number of likely N-dealkylation sites (N-methyl/N-ethyl adjacent to an activating group) is 1. The van der Waals surface area contributed by atoms with Crippen molar-refractivity contribution in [2.45, 2.75) is 57.2 Å². The minimum absolute atomic E-state index is 0.101. The van der Waals surface area contributed by atoms with Gasteiger partial charge in [0.1, 0.15) is 5.82 Å². The number of fused-ring (bicyclic) bond motifs is 2. The maximum Gasteiger partial charge on any atom is 0.151 e. The van der Waals surface area contributed by atoms with E-state index in [2.05, 4.69) is 35.2 Å². The van der Waals surface area contributed by atoms with E-state index in [0.29, 0.717) is 23.6 Å². The Morgan fingerprint density at radius 3 is 2.83 bits per heavy atom. The lowest BCUT2D eigenvalue weighted by Crippen LogP contribution is -2.50. The lowest BCUT2D eigenvalue weighted by Gasteiger charge is -2.39. The Bertz CT molecular complexity index is 807. The quantitative estimate of drug-likeness (QED) is 0.799. The van der Waals surface area contributed by atoms with Gasteiger partial charge in [-0.25, -0.2) is 4.39 Å². The fourth-order valence-corrected chi connectivity index (χ4v) is 5.42. The highest BCUT2D eigenvalue weighted by Gasteiger charge is 2.42. The van der Waals surface area contributed by atoms with Crippen LogP contribution >= 0.6 is 0 Å². The van der Waals surface area contributed by atoms with Crippen LogP contribution in [0, 0.1) is 29.0 Å². The molecule has 5 atom stereocenters. The molecule has 0 radical (unpaired) electrons. The summed E-state index contributed by atoms with van der Waals surface area (Å²) in [5, 5.41) is 13.0. The molecule has 2 heterocycles. The zero-order chi connectivity index (χ0) is 20.5. The Morgan fingerprint density at radius 1 is 1.38 bits per heavy atom. The third-order valence-electron chi connectivity index (χ3n) is 7.00. The highest BCUT2D eigenvalue weighted by molar-refractivity contribution is 5.85. The zero-order valence-electron chi connectivity index (χ0n) is 17.4. The van der Waals surface area contributed by atoms with Crippen LogP contribution in [-0.2, 0) is 11.2 Å². The Labute approximate surface area is 172 Å². The van der Waals surface area contributed by atoms with E-state index in [9.17, 15) is 14.4 Å². The molecule has 2 aliphatic heterocycles. The number of carbonyl (C=O) groups is 1. The normalized spacial score (nSPS) is 30.3. The Balaban J connectivity index is 1.39. The molecule has 0 amide bonds. The molecule has 4 rings (SSSR count). The summed E-state index contributed by atoms with van der Waals surface area (Å²) in [7, 11) is 2.10. The molecule has 0 aromatic heterocycles. The molecule has 156 valence electrons. The Morgan fingerprint density at radius 2 is 2.21 bits per heavy atom. The number of piperazine rings is 1. The summed E-state index contributed by atoms with van der Waals surface area (Å²) in [6.07, 6.45) is 3.82. The molecule has 2 bridgehead atoms. The standard InChI is InChI=1S/C23H31FN4O/c1-15-14-27(2)7-8-28(15)20-6-4-17(21(24)12-20)9-16(13-25)10-22(29)23-18-3-5-19(11-18)26-23/h4,6,12,15-16,18-19,23,26H,3,5,7-11,14H2,1-2H3/t15-,16+,18-,19+,23-/m0/s1. The number of piperidine rings is 1. The molecular weight excluding hydrogens is 367 g/mol. The summed E-state index contributed by atoms with van der Waals surface area (Å²) in [5.74, 6) is -0.216. The molecule has 3 aliphatic rings. The Kier molecular flexibility index (Phi) is 5.89. The van der Waals surface area contributed by atoms with Crippen molar-refractivity contribution in [3.63, 3.8) is 0 Å². The number of rotatable bonds is 6. The summed E-state index contributed by atoms with van der Waals surface area (Å²) >= 11 is 0. The Hall–Kier alpha value is -1.97. The van der Waals surface area contributed by atoms with Crippen molar-refractivity contribution in [1.29, 1.82) is 5.26 Å². The lowest BCUT2D eigenvalue weighted by molar-refractivity contribution is -0.122. The number of nitrogens with zero attached hydrogens (tertiary/aromatic N) is 3. The SMILES string of the molecule is C[C@H]1CN(C)CCN1c1ccc(C[C@@H](C#N)CC(=O)[C@H]2N[C@@H]3CC[C@H]2C3)c(F)c1. The average molecular weight is 399 g/mol. The minimum atomic E-state index is -0.480. The summed E-state index contributed by atoms with van der Waals surface area (Å²) in [6.45, 7) is 4.95. The van der Waals surface area contributed by atoms with Crippen LogP contribution in [-0.4, -0.2) is 55.5 Å². The van der Waals surface area contributed by atoms with Crippen molar-refractivity contribution in [2.75, 3.05) is 31.6 Å². The van der Waals surface area contributed by atoms with Gasteiger partial charge in [-0.2, -0.15) is 5.26 Å². The van der Waals surface area contributed by atoms with Gasteiger partial charge >= 0.3 is 0 Å². The number of hydrogen-bond acceptors (Lipinski definition) is 5. The van der Waals surface area contributed by atoms with Crippen molar-refractivity contribution in [3.05, 3.63) is 29.6 Å². The molecule has 5 nitrogen and oxygen atoms in total. The van der Waals surface area contributed by atoms with Crippen LogP contribution in [0.2, 0.25) is 0 Å². The first-order chi connectivity index (χ1) is 13.9. The van der Waals surface area contributed by atoms with Gasteiger partial charge in [-0.3, -0.25) is 4.79 Å². The van der Waals surface area contributed by atoms with E-state index in [1.54, 1.807) is 12.1 Å². The monoisotopic (exact) mass is 398 g/mol. The van der Waals surface area contributed by atoms with Crippen LogP contribution in [0.5, 0.6) is 0 Å². The highest BCUT2D eigenvalue weighted by atomic mass is 19.1. The molecule has 2 saturated heterocycles. The van der Waals surface area contributed by atoms with E-state index >= 15 is 0 Å². The average Bonchev–Trinajstić information content (AvgIpc) is 3.32. The van der Waals surface area contributed by atoms with E-state index in [4.69, 9.17) is 0 Å². The van der Waals surface area contributed by atoms with Crippen LogP contribution in [0.1, 0.15) is 38.2 Å². The van der Waals surface area contributed by atoms with Gasteiger partial charge in [-0.05, 0) is 63.3 Å². The molecule has 1 aliphatic carbocycles. The van der Waals surface area contributed by atoms with Gasteiger partial charge in [-0.15, -0.1) is 0 Å². The molecule has 0 spiro atoms. The van der Waals surface area contributed by atoms with Gasteiger partial charge < -0.3 is 15.1 Å². The first-order valence-corrected chi connectivity index (χ1v) is 10.9. The fourth-order valence-electron chi connectivity index (χ4n) is 5.42. The number of hydrogen-bond donors (Lipinski definition) is 1. The molecule has 1 aromatic rings. The zero-order valence-corrected chi connectivity index (χ0v) is 17.4. The van der Waals surface area contributed by atoms with E-state index < -0.39 is 5.92 Å². The molecular formula is C23H31FN4O. The topological polar surface area (TPSA) is 59.4 Å². The van der Waals surface area contributed by atoms with Crippen molar-refractivity contribution in [2.24, 2.45) is 11.8 Å². The van der Waals surface area contributed by atoms with E-state index in [-0.39, 0.29) is 30.5 Å². The summed E-state index contributed by atoms with van der Waals surface area (Å²) in [5.41, 5.74) is 1.42. The molecule has 1 saturated carbocycles. The van der Waals surface area contributed by atoms with Crippen LogP contribution < -0.4 is 10.2 Å². The van der Waals surface area contributed by atoms with E-state index in [1.165, 1.54) is 0 Å². The number of nitriles is 1. The molecule has 3 fully saturated rings. The van der Waals surface area contributed by atoms with E-state index in [0.717, 1.165) is 44.6 Å². The number of nitrogens with one attached hydrogen (secondary N) is 1. The van der Waals surface area contributed by atoms with Gasteiger partial charge in [0.15, 0.2) is 5.78 Å². The van der Waals surface area contributed by atoms with Crippen LogP contribution in [0.15, 0.2) is 18.2 Å². The van der Waals surface area contributed by atoms with Gasteiger partial charge in [0.25, 0.3) is 0 Å².